The van der Waals surface area contributed by atoms with Crippen LogP contribution in [0.4, 0.5) is 24.7 Å². The van der Waals surface area contributed by atoms with Crippen LogP contribution in [0.1, 0.15) is 35.8 Å². The van der Waals surface area contributed by atoms with Gasteiger partial charge in [-0.05, 0) is 62.1 Å². The molecule has 1 atom stereocenters. The Morgan fingerprint density at radius 2 is 1.88 bits per heavy atom. The van der Waals surface area contributed by atoms with Crippen LogP contribution in [-0.2, 0) is 0 Å². The number of hydrogen-bond acceptors (Lipinski definition) is 5. The van der Waals surface area contributed by atoms with Gasteiger partial charge >= 0.3 is 6.36 Å². The summed E-state index contributed by atoms with van der Waals surface area (Å²) in [6, 6.07) is 10.6. The Labute approximate surface area is 195 Å². The number of anilines is 2. The highest BCUT2D eigenvalue weighted by molar-refractivity contribution is 6.05. The van der Waals surface area contributed by atoms with Crippen LogP contribution in [-0.4, -0.2) is 35.3 Å². The fraction of sp³-hybridized carbons (Fsp3) is 0.320. The lowest BCUT2D eigenvalue weighted by molar-refractivity contribution is -0.274. The fourth-order valence-electron chi connectivity index (χ4n) is 4.00. The van der Waals surface area contributed by atoms with Crippen LogP contribution in [0.5, 0.6) is 5.75 Å². The van der Waals surface area contributed by atoms with E-state index >= 15 is 0 Å². The Morgan fingerprint density at radius 1 is 1.12 bits per heavy atom. The third-order valence-corrected chi connectivity index (χ3v) is 5.65. The number of benzene rings is 1. The maximum absolute atomic E-state index is 12.9. The molecule has 3 aromatic rings. The van der Waals surface area contributed by atoms with Crippen molar-refractivity contribution in [2.24, 2.45) is 5.92 Å². The first-order valence-electron chi connectivity index (χ1n) is 11.0. The zero-order chi connectivity index (χ0) is 24.3. The second-order valence-corrected chi connectivity index (χ2v) is 8.50. The normalized spacial score (nSPS) is 16.3. The summed E-state index contributed by atoms with van der Waals surface area (Å²) < 4.78 is 40.9. The van der Waals surface area contributed by atoms with Crippen molar-refractivity contribution in [3.05, 3.63) is 66.1 Å². The Hall–Kier alpha value is -3.62. The number of halogens is 3. The number of ether oxygens (including phenoxy) is 1. The van der Waals surface area contributed by atoms with Crippen molar-refractivity contribution in [2.45, 2.75) is 33.1 Å². The van der Waals surface area contributed by atoms with Crippen LogP contribution in [0.15, 0.2) is 54.9 Å². The highest BCUT2D eigenvalue weighted by Crippen LogP contribution is 2.33. The topological polar surface area (TPSA) is 67.3 Å². The first-order chi connectivity index (χ1) is 16.2. The summed E-state index contributed by atoms with van der Waals surface area (Å²) in [5.41, 5.74) is 3.22. The average Bonchev–Trinajstić information content (AvgIpc) is 2.79. The van der Waals surface area contributed by atoms with Crippen molar-refractivity contribution in [3.63, 3.8) is 0 Å². The molecule has 0 radical (unpaired) electrons. The van der Waals surface area contributed by atoms with Crippen LogP contribution in [0.2, 0.25) is 0 Å². The Balaban J connectivity index is 1.60. The summed E-state index contributed by atoms with van der Waals surface area (Å²) in [5.74, 6) is 0.576. The molecule has 0 spiro atoms. The number of rotatable bonds is 5. The minimum Gasteiger partial charge on any atom is -0.406 e. The standard InChI is InChI=1S/C25H25F3N4O2/c1-16-4-3-11-32(15-16)23-22(18-6-5-17(2)29-13-18)12-19(14-30-23)24(33)31-20-7-9-21(10-8-20)34-25(26,27)28/h5-10,12-14,16H,3-4,11,15H2,1-2H3,(H,31,33). The summed E-state index contributed by atoms with van der Waals surface area (Å²) in [6.45, 7) is 5.90. The molecular weight excluding hydrogens is 445 g/mol. The van der Waals surface area contributed by atoms with Gasteiger partial charge in [0.25, 0.3) is 5.91 Å². The number of carbonyl (C=O) groups is 1. The molecule has 1 amide bonds. The minimum atomic E-state index is -4.77. The van der Waals surface area contributed by atoms with Crippen molar-refractivity contribution in [3.8, 4) is 16.9 Å². The summed E-state index contributed by atoms with van der Waals surface area (Å²) in [5, 5.41) is 2.70. The molecule has 6 nitrogen and oxygen atoms in total. The smallest absolute Gasteiger partial charge is 0.406 e. The van der Waals surface area contributed by atoms with E-state index in [-0.39, 0.29) is 5.75 Å². The Kier molecular flexibility index (Phi) is 6.72. The number of aryl methyl sites for hydroxylation is 1. The lowest BCUT2D eigenvalue weighted by Crippen LogP contribution is -2.35. The molecule has 1 aromatic carbocycles. The molecule has 34 heavy (non-hydrogen) atoms. The van der Waals surface area contributed by atoms with E-state index in [0.717, 1.165) is 54.3 Å². The van der Waals surface area contributed by atoms with E-state index in [1.807, 2.05) is 19.1 Å². The van der Waals surface area contributed by atoms with Crippen LogP contribution in [0.3, 0.4) is 0 Å². The molecule has 2 aromatic heterocycles. The number of pyridine rings is 2. The van der Waals surface area contributed by atoms with Gasteiger partial charge in [0.1, 0.15) is 11.6 Å². The van der Waals surface area contributed by atoms with E-state index in [9.17, 15) is 18.0 Å². The molecule has 0 aliphatic carbocycles. The van der Waals surface area contributed by atoms with Gasteiger partial charge in [-0.2, -0.15) is 0 Å². The van der Waals surface area contributed by atoms with Crippen LogP contribution in [0.25, 0.3) is 11.1 Å². The van der Waals surface area contributed by atoms with E-state index in [2.05, 4.69) is 31.8 Å². The third kappa shape index (κ3) is 5.84. The maximum Gasteiger partial charge on any atom is 0.573 e. The zero-order valence-corrected chi connectivity index (χ0v) is 18.9. The number of nitrogens with one attached hydrogen (secondary N) is 1. The Bertz CT molecular complexity index is 1150. The summed E-state index contributed by atoms with van der Waals surface area (Å²) in [6.07, 6.45) is 0.766. The zero-order valence-electron chi connectivity index (χ0n) is 18.9. The van der Waals surface area contributed by atoms with Crippen LogP contribution in [0, 0.1) is 12.8 Å². The highest BCUT2D eigenvalue weighted by Gasteiger charge is 2.31. The first-order valence-corrected chi connectivity index (χ1v) is 11.0. The van der Waals surface area contributed by atoms with Crippen LogP contribution < -0.4 is 15.0 Å². The molecule has 1 aliphatic rings. The molecule has 1 fully saturated rings. The molecule has 0 saturated carbocycles. The van der Waals surface area contributed by atoms with Gasteiger partial charge in [0.05, 0.1) is 5.56 Å². The largest absolute Gasteiger partial charge is 0.573 e. The van der Waals surface area contributed by atoms with Crippen molar-refractivity contribution in [2.75, 3.05) is 23.3 Å². The number of piperidine rings is 1. The van der Waals surface area contributed by atoms with Crippen molar-refractivity contribution >= 4 is 17.4 Å². The number of carbonyl (C=O) groups excluding carboxylic acids is 1. The number of alkyl halides is 3. The van der Waals surface area contributed by atoms with Crippen molar-refractivity contribution < 1.29 is 22.7 Å². The van der Waals surface area contributed by atoms with Gasteiger partial charge in [0.2, 0.25) is 0 Å². The fourth-order valence-corrected chi connectivity index (χ4v) is 4.00. The van der Waals surface area contributed by atoms with Gasteiger partial charge in [-0.3, -0.25) is 9.78 Å². The van der Waals surface area contributed by atoms with Gasteiger partial charge in [0, 0.05) is 48.0 Å². The molecule has 1 unspecified atom stereocenters. The molecule has 0 bridgehead atoms. The van der Waals surface area contributed by atoms with E-state index in [4.69, 9.17) is 0 Å². The van der Waals surface area contributed by atoms with Gasteiger partial charge in [0.15, 0.2) is 0 Å². The number of amides is 1. The van der Waals surface area contributed by atoms with E-state index in [0.29, 0.717) is 17.2 Å². The lowest BCUT2D eigenvalue weighted by Gasteiger charge is -2.33. The van der Waals surface area contributed by atoms with Gasteiger partial charge in [-0.1, -0.05) is 13.0 Å². The molecule has 3 heterocycles. The molecular formula is C25H25F3N4O2. The number of hydrogen-bond donors (Lipinski definition) is 1. The quantitative estimate of drug-likeness (QED) is 0.508. The van der Waals surface area contributed by atoms with Crippen LogP contribution >= 0.6 is 0 Å². The lowest BCUT2D eigenvalue weighted by atomic mass is 9.98. The van der Waals surface area contributed by atoms with E-state index in [1.165, 1.54) is 24.8 Å². The monoisotopic (exact) mass is 470 g/mol. The third-order valence-electron chi connectivity index (χ3n) is 5.65. The van der Waals surface area contributed by atoms with Gasteiger partial charge in [-0.15, -0.1) is 13.2 Å². The van der Waals surface area contributed by atoms with Gasteiger partial charge in [-0.25, -0.2) is 4.98 Å². The average molecular weight is 470 g/mol. The molecule has 178 valence electrons. The second kappa shape index (κ2) is 9.70. The maximum atomic E-state index is 12.9. The first kappa shape index (κ1) is 23.5. The summed E-state index contributed by atoms with van der Waals surface area (Å²) in [7, 11) is 0. The summed E-state index contributed by atoms with van der Waals surface area (Å²) >= 11 is 0. The number of nitrogens with zero attached hydrogens (tertiary/aromatic N) is 3. The minimum absolute atomic E-state index is 0.333. The van der Waals surface area contributed by atoms with Crippen molar-refractivity contribution in [1.29, 1.82) is 0 Å². The summed E-state index contributed by atoms with van der Waals surface area (Å²) in [4.78, 5) is 24.2. The van der Waals surface area contributed by atoms with Gasteiger partial charge < -0.3 is 15.0 Å². The SMILES string of the molecule is Cc1ccc(-c2cc(C(=O)Nc3ccc(OC(F)(F)F)cc3)cnc2N2CCCC(C)C2)cn1. The predicted octanol–water partition coefficient (Wildman–Crippen LogP) is 5.84. The van der Waals surface area contributed by atoms with E-state index < -0.39 is 12.3 Å². The van der Waals surface area contributed by atoms with E-state index in [1.54, 1.807) is 12.3 Å². The predicted molar refractivity (Wildman–Crippen MR) is 124 cm³/mol. The molecule has 4 rings (SSSR count). The second-order valence-electron chi connectivity index (χ2n) is 8.50. The number of aromatic nitrogens is 2. The molecule has 1 aliphatic heterocycles. The Morgan fingerprint density at radius 3 is 2.53 bits per heavy atom. The highest BCUT2D eigenvalue weighted by atomic mass is 19.4. The molecule has 1 N–H and O–H groups in total. The van der Waals surface area contributed by atoms with Crippen molar-refractivity contribution in [1.82, 2.24) is 9.97 Å². The molecule has 9 heteroatoms. The molecule has 1 saturated heterocycles.